The van der Waals surface area contributed by atoms with Gasteiger partial charge < -0.3 is 5.73 Å². The summed E-state index contributed by atoms with van der Waals surface area (Å²) in [6.45, 7) is 6.35. The first-order valence-electron chi connectivity index (χ1n) is 5.71. The lowest BCUT2D eigenvalue weighted by atomic mass is 9.94. The van der Waals surface area contributed by atoms with Crippen molar-refractivity contribution < 1.29 is 0 Å². The van der Waals surface area contributed by atoms with E-state index in [1.165, 1.54) is 12.8 Å². The van der Waals surface area contributed by atoms with Crippen LogP contribution in [-0.4, -0.2) is 9.97 Å². The van der Waals surface area contributed by atoms with E-state index >= 15 is 0 Å². The van der Waals surface area contributed by atoms with E-state index in [-0.39, 0.29) is 6.04 Å². The molecule has 84 valence electrons. The van der Waals surface area contributed by atoms with Crippen molar-refractivity contribution >= 4 is 0 Å². The molecule has 0 aromatic carbocycles. The molecule has 1 aromatic rings. The summed E-state index contributed by atoms with van der Waals surface area (Å²) in [6, 6.07) is 0.0306. The van der Waals surface area contributed by atoms with Crippen LogP contribution in [0.3, 0.4) is 0 Å². The molecule has 0 saturated heterocycles. The average molecular weight is 207 g/mol. The van der Waals surface area contributed by atoms with Crippen molar-refractivity contribution in [2.75, 3.05) is 0 Å². The fourth-order valence-electron chi connectivity index (χ4n) is 1.70. The highest BCUT2D eigenvalue weighted by Gasteiger charge is 2.13. The van der Waals surface area contributed by atoms with E-state index in [1.54, 1.807) is 12.4 Å². The molecule has 1 heterocycles. The normalized spacial score (nSPS) is 13.1. The highest BCUT2D eigenvalue weighted by atomic mass is 14.8. The first kappa shape index (κ1) is 12.1. The molecule has 0 radical (unpaired) electrons. The molecule has 3 heteroatoms. The molecule has 3 nitrogen and oxygen atoms in total. The molecular weight excluding hydrogens is 186 g/mol. The minimum absolute atomic E-state index is 0.0306. The lowest BCUT2D eigenvalue weighted by Gasteiger charge is -2.17. The average Bonchev–Trinajstić information content (AvgIpc) is 2.26. The summed E-state index contributed by atoms with van der Waals surface area (Å²) in [5.41, 5.74) is 7.94. The summed E-state index contributed by atoms with van der Waals surface area (Å²) >= 11 is 0. The third-order valence-corrected chi connectivity index (χ3v) is 2.92. The summed E-state index contributed by atoms with van der Waals surface area (Å²) < 4.78 is 0. The van der Waals surface area contributed by atoms with E-state index in [1.807, 2.05) is 6.92 Å². The molecule has 0 aliphatic carbocycles. The minimum atomic E-state index is 0.0306. The second-order valence-corrected chi connectivity index (χ2v) is 4.11. The number of hydrogen-bond donors (Lipinski definition) is 1. The molecule has 2 N–H and O–H groups in total. The van der Waals surface area contributed by atoms with Gasteiger partial charge in [0, 0.05) is 12.2 Å². The van der Waals surface area contributed by atoms with Crippen molar-refractivity contribution in [3.63, 3.8) is 0 Å². The van der Waals surface area contributed by atoms with Gasteiger partial charge >= 0.3 is 0 Å². The molecular formula is C12H21N3. The second kappa shape index (κ2) is 5.81. The summed E-state index contributed by atoms with van der Waals surface area (Å²) in [6.07, 6.45) is 6.95. The van der Waals surface area contributed by atoms with Gasteiger partial charge in [-0.15, -0.1) is 0 Å². The number of aromatic nitrogens is 2. The van der Waals surface area contributed by atoms with E-state index in [9.17, 15) is 0 Å². The van der Waals surface area contributed by atoms with Gasteiger partial charge in [-0.3, -0.25) is 9.97 Å². The fraction of sp³-hybridized carbons (Fsp3) is 0.667. The minimum Gasteiger partial charge on any atom is -0.323 e. The molecule has 15 heavy (non-hydrogen) atoms. The molecule has 0 fully saturated rings. The van der Waals surface area contributed by atoms with E-state index in [2.05, 4.69) is 23.8 Å². The summed E-state index contributed by atoms with van der Waals surface area (Å²) in [7, 11) is 0. The lowest BCUT2D eigenvalue weighted by Crippen LogP contribution is -2.16. The van der Waals surface area contributed by atoms with Gasteiger partial charge in [0.05, 0.1) is 17.6 Å². The number of nitrogens with zero attached hydrogens (tertiary/aromatic N) is 2. The topological polar surface area (TPSA) is 51.8 Å². The Morgan fingerprint density at radius 3 is 2.33 bits per heavy atom. The Labute approximate surface area is 92.1 Å². The second-order valence-electron chi connectivity index (χ2n) is 4.11. The Kier molecular flexibility index (Phi) is 4.69. The zero-order valence-corrected chi connectivity index (χ0v) is 9.90. The quantitative estimate of drug-likeness (QED) is 0.807. The van der Waals surface area contributed by atoms with Crippen LogP contribution in [-0.2, 0) is 0 Å². The largest absolute Gasteiger partial charge is 0.323 e. The highest BCUT2D eigenvalue weighted by molar-refractivity contribution is 5.05. The van der Waals surface area contributed by atoms with Gasteiger partial charge in [-0.1, -0.05) is 26.7 Å². The Bertz CT molecular complexity index is 277. The van der Waals surface area contributed by atoms with Crippen LogP contribution in [0.5, 0.6) is 0 Å². The molecule has 1 unspecified atom stereocenters. The summed E-state index contributed by atoms with van der Waals surface area (Å²) in [5.74, 6) is 0.697. The van der Waals surface area contributed by atoms with E-state index in [0.717, 1.165) is 17.8 Å². The van der Waals surface area contributed by atoms with Crippen molar-refractivity contribution in [1.82, 2.24) is 9.97 Å². The molecule has 0 aliphatic heterocycles. The van der Waals surface area contributed by atoms with Crippen LogP contribution in [0, 0.1) is 12.8 Å². The van der Waals surface area contributed by atoms with Gasteiger partial charge in [0.25, 0.3) is 0 Å². The van der Waals surface area contributed by atoms with Crippen LogP contribution < -0.4 is 5.73 Å². The van der Waals surface area contributed by atoms with Gasteiger partial charge in [-0.05, 0) is 19.3 Å². The maximum Gasteiger partial charge on any atom is 0.0754 e. The standard InChI is InChI=1S/C12H21N3/c1-4-10(5-2)6-11(13)12-8-14-9(3)7-15-12/h7-8,10-11H,4-6,13H2,1-3H3. The van der Waals surface area contributed by atoms with Gasteiger partial charge in [0.1, 0.15) is 0 Å². The molecule has 1 rings (SSSR count). The van der Waals surface area contributed by atoms with E-state index < -0.39 is 0 Å². The SMILES string of the molecule is CCC(CC)CC(N)c1cnc(C)cn1. The van der Waals surface area contributed by atoms with Crippen LogP contribution in [0.1, 0.15) is 50.5 Å². The molecule has 0 amide bonds. The molecule has 0 bridgehead atoms. The van der Waals surface area contributed by atoms with E-state index in [0.29, 0.717) is 5.92 Å². The fourth-order valence-corrected chi connectivity index (χ4v) is 1.70. The van der Waals surface area contributed by atoms with Crippen LogP contribution in [0.4, 0.5) is 0 Å². The van der Waals surface area contributed by atoms with Gasteiger partial charge in [-0.2, -0.15) is 0 Å². The smallest absolute Gasteiger partial charge is 0.0754 e. The van der Waals surface area contributed by atoms with Crippen molar-refractivity contribution in [2.45, 2.75) is 46.1 Å². The first-order chi connectivity index (χ1) is 7.17. The van der Waals surface area contributed by atoms with Crippen LogP contribution in [0.25, 0.3) is 0 Å². The Balaban J connectivity index is 2.60. The predicted molar refractivity (Wildman–Crippen MR) is 62.4 cm³/mol. The maximum atomic E-state index is 6.09. The highest BCUT2D eigenvalue weighted by Crippen LogP contribution is 2.21. The number of hydrogen-bond acceptors (Lipinski definition) is 3. The molecule has 0 spiro atoms. The van der Waals surface area contributed by atoms with Crippen molar-refractivity contribution in [3.8, 4) is 0 Å². The number of nitrogens with two attached hydrogens (primary N) is 1. The molecule has 0 saturated carbocycles. The van der Waals surface area contributed by atoms with Gasteiger partial charge in [0.15, 0.2) is 0 Å². The zero-order valence-electron chi connectivity index (χ0n) is 9.90. The van der Waals surface area contributed by atoms with Crippen LogP contribution in [0.2, 0.25) is 0 Å². The number of rotatable bonds is 5. The molecule has 1 aromatic heterocycles. The third-order valence-electron chi connectivity index (χ3n) is 2.92. The van der Waals surface area contributed by atoms with Crippen molar-refractivity contribution in [1.29, 1.82) is 0 Å². The van der Waals surface area contributed by atoms with Crippen molar-refractivity contribution in [3.05, 3.63) is 23.8 Å². The third kappa shape index (κ3) is 3.59. The summed E-state index contributed by atoms with van der Waals surface area (Å²) in [5, 5.41) is 0. The number of aryl methyl sites for hydroxylation is 1. The van der Waals surface area contributed by atoms with Crippen LogP contribution in [0.15, 0.2) is 12.4 Å². The van der Waals surface area contributed by atoms with Crippen LogP contribution >= 0.6 is 0 Å². The Morgan fingerprint density at radius 2 is 1.87 bits per heavy atom. The van der Waals surface area contributed by atoms with Crippen molar-refractivity contribution in [2.24, 2.45) is 11.7 Å². The monoisotopic (exact) mass is 207 g/mol. The lowest BCUT2D eigenvalue weighted by molar-refractivity contribution is 0.410. The van der Waals surface area contributed by atoms with Gasteiger partial charge in [-0.25, -0.2) is 0 Å². The summed E-state index contributed by atoms with van der Waals surface area (Å²) in [4.78, 5) is 8.53. The maximum absolute atomic E-state index is 6.09. The predicted octanol–water partition coefficient (Wildman–Crippen LogP) is 2.61. The Hall–Kier alpha value is -0.960. The molecule has 0 aliphatic rings. The zero-order chi connectivity index (χ0) is 11.3. The van der Waals surface area contributed by atoms with Gasteiger partial charge in [0.2, 0.25) is 0 Å². The Morgan fingerprint density at radius 1 is 1.20 bits per heavy atom. The van der Waals surface area contributed by atoms with E-state index in [4.69, 9.17) is 5.73 Å². The first-order valence-corrected chi connectivity index (χ1v) is 5.71. The molecule has 1 atom stereocenters.